The van der Waals surface area contributed by atoms with Gasteiger partial charge in [-0.05, 0) is 61.7 Å². The number of carbonyl (C=O) groups excluding carboxylic acids is 2. The van der Waals surface area contributed by atoms with Gasteiger partial charge < -0.3 is 20.6 Å². The normalized spacial score (nSPS) is 12.2. The van der Waals surface area contributed by atoms with Crippen LogP contribution in [-0.2, 0) is 31.5 Å². The summed E-state index contributed by atoms with van der Waals surface area (Å²) in [6.07, 6.45) is 0.746. The van der Waals surface area contributed by atoms with Crippen molar-refractivity contribution in [1.82, 2.24) is 29.8 Å². The molecule has 0 saturated heterocycles. The highest BCUT2D eigenvalue weighted by Crippen LogP contribution is 2.28. The zero-order chi connectivity index (χ0) is 33.1. The van der Waals surface area contributed by atoms with Gasteiger partial charge in [-0.1, -0.05) is 19.9 Å². The first kappa shape index (κ1) is 32.9. The third-order valence-electron chi connectivity index (χ3n) is 7.30. The smallest absolute Gasteiger partial charge is 0.326 e. The van der Waals surface area contributed by atoms with Crippen molar-refractivity contribution in [2.75, 3.05) is 17.3 Å². The molecule has 2 aromatic carbocycles. The van der Waals surface area contributed by atoms with E-state index in [9.17, 15) is 27.9 Å². The minimum absolute atomic E-state index is 0.150. The minimum atomic E-state index is -4.30. The van der Waals surface area contributed by atoms with Gasteiger partial charge in [0.15, 0.2) is 0 Å². The van der Waals surface area contributed by atoms with E-state index in [1.54, 1.807) is 45.2 Å². The van der Waals surface area contributed by atoms with Gasteiger partial charge in [0.2, 0.25) is 17.8 Å². The van der Waals surface area contributed by atoms with Gasteiger partial charge in [0.1, 0.15) is 11.9 Å². The standard InChI is InChI=1S/C30H36N8O6S/c1-17(2)28(29(41)42)34-26(39)11-12-27(40)36-45(43,44)24-15-20(8-7-18(24)3)32-30-31-14-13-25(33-30)37(5)21-9-10-22-19(4)38(6)35-23(22)16-21/h7-10,13-17,28H,11-12H2,1-6H3,(H,34,39)(H,36,40)(H,41,42)(H,31,32,33)/t28-/m0/s1. The average molecular weight is 637 g/mol. The lowest BCUT2D eigenvalue weighted by molar-refractivity contribution is -0.143. The summed E-state index contributed by atoms with van der Waals surface area (Å²) in [6.45, 7) is 6.86. The maximum atomic E-state index is 13.1. The van der Waals surface area contributed by atoms with Crippen molar-refractivity contribution < 1.29 is 27.9 Å². The number of anilines is 4. The van der Waals surface area contributed by atoms with Crippen LogP contribution in [0.15, 0.2) is 53.6 Å². The topological polar surface area (TPSA) is 189 Å². The van der Waals surface area contributed by atoms with E-state index in [1.807, 2.05) is 53.5 Å². The minimum Gasteiger partial charge on any atom is -0.480 e. The van der Waals surface area contributed by atoms with Gasteiger partial charge in [0.05, 0.1) is 10.4 Å². The van der Waals surface area contributed by atoms with E-state index >= 15 is 0 Å². The predicted octanol–water partition coefficient (Wildman–Crippen LogP) is 3.30. The molecule has 0 bridgehead atoms. The summed E-state index contributed by atoms with van der Waals surface area (Å²) in [5, 5.41) is 20.2. The molecule has 0 saturated carbocycles. The number of carboxylic acid groups (broad SMARTS) is 1. The lowest BCUT2D eigenvalue weighted by Crippen LogP contribution is -2.44. The molecular formula is C30H36N8O6S. The molecule has 238 valence electrons. The first-order valence-electron chi connectivity index (χ1n) is 14.1. The van der Waals surface area contributed by atoms with Gasteiger partial charge in [0.25, 0.3) is 10.0 Å². The lowest BCUT2D eigenvalue weighted by atomic mass is 10.0. The van der Waals surface area contributed by atoms with Crippen molar-refractivity contribution in [3.05, 3.63) is 59.9 Å². The molecule has 0 fully saturated rings. The maximum Gasteiger partial charge on any atom is 0.326 e. The van der Waals surface area contributed by atoms with E-state index in [0.29, 0.717) is 17.1 Å². The molecule has 45 heavy (non-hydrogen) atoms. The van der Waals surface area contributed by atoms with Crippen molar-refractivity contribution in [2.24, 2.45) is 13.0 Å². The largest absolute Gasteiger partial charge is 0.480 e. The second-order valence-electron chi connectivity index (χ2n) is 11.0. The Morgan fingerprint density at radius 1 is 1.02 bits per heavy atom. The first-order chi connectivity index (χ1) is 21.2. The van der Waals surface area contributed by atoms with E-state index in [2.05, 4.69) is 25.7 Å². The molecule has 2 aromatic heterocycles. The zero-order valence-electron chi connectivity index (χ0n) is 25.8. The monoisotopic (exact) mass is 636 g/mol. The van der Waals surface area contributed by atoms with Crippen molar-refractivity contribution >= 4 is 61.9 Å². The van der Waals surface area contributed by atoms with E-state index in [0.717, 1.165) is 22.3 Å². The maximum absolute atomic E-state index is 13.1. The molecule has 4 rings (SSSR count). The summed E-state index contributed by atoms with van der Waals surface area (Å²) in [7, 11) is -0.545. The van der Waals surface area contributed by atoms with Crippen LogP contribution in [0, 0.1) is 19.8 Å². The van der Waals surface area contributed by atoms with Gasteiger partial charge in [-0.25, -0.2) is 22.9 Å². The molecule has 2 heterocycles. The number of aryl methyl sites for hydroxylation is 3. The SMILES string of the molecule is Cc1ccc(Nc2nccc(N(C)c3ccc4c(C)n(C)nc4c3)n2)cc1S(=O)(=O)NC(=O)CCC(=O)N[C@H](C(=O)O)C(C)C. The number of hydrogen-bond acceptors (Lipinski definition) is 10. The molecular weight excluding hydrogens is 600 g/mol. The number of aliphatic carboxylic acids is 1. The molecule has 4 N–H and O–H groups in total. The number of carboxylic acids is 1. The van der Waals surface area contributed by atoms with Gasteiger partial charge in [-0.15, -0.1) is 0 Å². The fourth-order valence-electron chi connectivity index (χ4n) is 4.60. The highest BCUT2D eigenvalue weighted by Gasteiger charge is 2.25. The van der Waals surface area contributed by atoms with Crippen LogP contribution < -0.4 is 20.3 Å². The average Bonchev–Trinajstić information content (AvgIpc) is 3.27. The Hall–Kier alpha value is -5.05. The summed E-state index contributed by atoms with van der Waals surface area (Å²) in [5.41, 5.74) is 3.53. The number of nitrogens with zero attached hydrogens (tertiary/aromatic N) is 5. The van der Waals surface area contributed by atoms with Crippen LogP contribution in [0.3, 0.4) is 0 Å². The molecule has 1 atom stereocenters. The van der Waals surface area contributed by atoms with E-state index < -0.39 is 40.3 Å². The zero-order valence-corrected chi connectivity index (χ0v) is 26.6. The summed E-state index contributed by atoms with van der Waals surface area (Å²) in [6, 6.07) is 11.2. The molecule has 0 radical (unpaired) electrons. The summed E-state index contributed by atoms with van der Waals surface area (Å²) < 4.78 is 30.0. The fraction of sp³-hybridized carbons (Fsp3) is 0.333. The van der Waals surface area contributed by atoms with E-state index in [4.69, 9.17) is 0 Å². The highest BCUT2D eigenvalue weighted by molar-refractivity contribution is 7.90. The molecule has 14 nitrogen and oxygen atoms in total. The fourth-order valence-corrected chi connectivity index (χ4v) is 5.88. The Morgan fingerprint density at radius 2 is 1.73 bits per heavy atom. The molecule has 0 aliphatic rings. The Morgan fingerprint density at radius 3 is 2.42 bits per heavy atom. The molecule has 15 heteroatoms. The van der Waals surface area contributed by atoms with Crippen LogP contribution in [0.4, 0.5) is 23.1 Å². The van der Waals surface area contributed by atoms with Gasteiger partial charge in [-0.3, -0.25) is 14.3 Å². The Balaban J connectivity index is 1.44. The summed E-state index contributed by atoms with van der Waals surface area (Å²) in [4.78, 5) is 46.5. The Kier molecular flexibility index (Phi) is 9.71. The third kappa shape index (κ3) is 7.73. The Labute approximate surface area is 260 Å². The molecule has 4 aromatic rings. The van der Waals surface area contributed by atoms with Gasteiger partial charge >= 0.3 is 5.97 Å². The molecule has 0 aliphatic carbocycles. The highest BCUT2D eigenvalue weighted by atomic mass is 32.2. The number of nitrogens with one attached hydrogen (secondary N) is 3. The third-order valence-corrected chi connectivity index (χ3v) is 8.81. The Bertz CT molecular complexity index is 1870. The summed E-state index contributed by atoms with van der Waals surface area (Å²) in [5.74, 6) is -2.35. The second-order valence-corrected chi connectivity index (χ2v) is 12.6. The number of amides is 2. The molecule has 2 amide bonds. The summed E-state index contributed by atoms with van der Waals surface area (Å²) >= 11 is 0. The van der Waals surface area contributed by atoms with Crippen molar-refractivity contribution in [1.29, 1.82) is 0 Å². The number of carbonyl (C=O) groups is 3. The predicted molar refractivity (Wildman–Crippen MR) is 169 cm³/mol. The number of aromatic nitrogens is 4. The number of rotatable bonds is 12. The van der Waals surface area contributed by atoms with Crippen LogP contribution in [-0.4, -0.2) is 64.1 Å². The van der Waals surface area contributed by atoms with Crippen LogP contribution >= 0.6 is 0 Å². The number of sulfonamides is 1. The van der Waals surface area contributed by atoms with Crippen molar-refractivity contribution in [3.63, 3.8) is 0 Å². The van der Waals surface area contributed by atoms with E-state index in [1.165, 1.54) is 6.07 Å². The van der Waals surface area contributed by atoms with Crippen LogP contribution in [0.2, 0.25) is 0 Å². The van der Waals surface area contributed by atoms with E-state index in [-0.39, 0.29) is 23.2 Å². The second kappa shape index (κ2) is 13.3. The first-order valence-corrected chi connectivity index (χ1v) is 15.6. The number of hydrogen-bond donors (Lipinski definition) is 4. The molecule has 0 aliphatic heterocycles. The van der Waals surface area contributed by atoms with Crippen LogP contribution in [0.1, 0.15) is 37.9 Å². The number of fused-ring (bicyclic) bond motifs is 1. The molecule has 0 spiro atoms. The van der Waals surface area contributed by atoms with Crippen LogP contribution in [0.25, 0.3) is 10.9 Å². The lowest BCUT2D eigenvalue weighted by Gasteiger charge is -2.19. The van der Waals surface area contributed by atoms with Gasteiger partial charge in [-0.2, -0.15) is 10.1 Å². The van der Waals surface area contributed by atoms with Crippen molar-refractivity contribution in [2.45, 2.75) is 51.5 Å². The molecule has 0 unspecified atom stereocenters. The number of benzene rings is 2. The van der Waals surface area contributed by atoms with Gasteiger partial charge in [0, 0.05) is 55.6 Å². The quantitative estimate of drug-likeness (QED) is 0.179. The van der Waals surface area contributed by atoms with Crippen LogP contribution in [0.5, 0.6) is 0 Å². The van der Waals surface area contributed by atoms with Crippen molar-refractivity contribution in [3.8, 4) is 0 Å².